The Bertz CT molecular complexity index is 442. The van der Waals surface area contributed by atoms with E-state index < -0.39 is 0 Å². The number of hydrogen-bond donors (Lipinski definition) is 1. The molecule has 2 aliphatic heterocycles. The van der Waals surface area contributed by atoms with Crippen molar-refractivity contribution in [1.82, 2.24) is 15.1 Å². The number of guanidine groups is 1. The van der Waals surface area contributed by atoms with Gasteiger partial charge in [-0.25, -0.2) is 0 Å². The molecule has 152 valence electrons. The molecule has 2 saturated heterocycles. The monoisotopic (exact) mass is 368 g/mol. The van der Waals surface area contributed by atoms with Crippen molar-refractivity contribution in [3.8, 4) is 0 Å². The third kappa shape index (κ3) is 6.39. The Labute approximate surface area is 160 Å². The summed E-state index contributed by atoms with van der Waals surface area (Å²) in [6, 6.07) is 0. The van der Waals surface area contributed by atoms with Crippen molar-refractivity contribution in [2.24, 2.45) is 16.8 Å². The summed E-state index contributed by atoms with van der Waals surface area (Å²) in [5, 5.41) is 3.63. The van der Waals surface area contributed by atoms with Gasteiger partial charge >= 0.3 is 0 Å². The number of methoxy groups -OCH3 is 1. The summed E-state index contributed by atoms with van der Waals surface area (Å²) < 4.78 is 10.7. The minimum absolute atomic E-state index is 0.146. The second-order valence-corrected chi connectivity index (χ2v) is 8.58. The van der Waals surface area contributed by atoms with Crippen LogP contribution in [-0.4, -0.2) is 88.0 Å². The molecule has 2 rings (SSSR count). The van der Waals surface area contributed by atoms with Gasteiger partial charge in [-0.1, -0.05) is 6.92 Å². The first kappa shape index (κ1) is 21.5. The van der Waals surface area contributed by atoms with Crippen LogP contribution in [0.2, 0.25) is 0 Å². The van der Waals surface area contributed by atoms with Gasteiger partial charge in [-0.2, -0.15) is 0 Å². The molecule has 0 radical (unpaired) electrons. The van der Waals surface area contributed by atoms with Gasteiger partial charge in [0.1, 0.15) is 0 Å². The molecule has 6 heteroatoms. The average Bonchev–Trinajstić information content (AvgIpc) is 3.08. The van der Waals surface area contributed by atoms with Gasteiger partial charge in [-0.15, -0.1) is 0 Å². The molecule has 0 aliphatic carbocycles. The molecule has 2 fully saturated rings. The van der Waals surface area contributed by atoms with Crippen LogP contribution in [0.3, 0.4) is 0 Å². The number of likely N-dealkylation sites (tertiary alicyclic amines) is 2. The minimum atomic E-state index is 0.146. The van der Waals surface area contributed by atoms with Crippen molar-refractivity contribution in [2.75, 3.05) is 66.7 Å². The van der Waals surface area contributed by atoms with Gasteiger partial charge in [0.15, 0.2) is 5.96 Å². The third-order valence-corrected chi connectivity index (χ3v) is 5.77. The summed E-state index contributed by atoms with van der Waals surface area (Å²) in [4.78, 5) is 9.54. The van der Waals surface area contributed by atoms with Gasteiger partial charge in [0.05, 0.1) is 19.8 Å². The fourth-order valence-corrected chi connectivity index (χ4v) is 4.03. The predicted octanol–water partition coefficient (Wildman–Crippen LogP) is 2.06. The minimum Gasteiger partial charge on any atom is -0.382 e. The Morgan fingerprint density at radius 3 is 2.69 bits per heavy atom. The van der Waals surface area contributed by atoms with Gasteiger partial charge in [0.25, 0.3) is 0 Å². The first-order valence-corrected chi connectivity index (χ1v) is 10.2. The van der Waals surface area contributed by atoms with E-state index in [0.29, 0.717) is 19.1 Å². The number of nitrogens with zero attached hydrogens (tertiary/aromatic N) is 3. The second-order valence-electron chi connectivity index (χ2n) is 8.58. The maximum Gasteiger partial charge on any atom is 0.193 e. The van der Waals surface area contributed by atoms with Crippen LogP contribution in [0, 0.1) is 11.8 Å². The standard InChI is InChI=1S/C20H40N4O2/c1-17-7-6-9-24(13-17)20(2,3)16-22-19(21-4)23-10-8-18(14-23)15-26-12-11-25-5/h17-18H,6-16H2,1-5H3,(H,21,22). The number of nitrogens with one attached hydrogen (secondary N) is 1. The molecule has 0 aromatic carbocycles. The zero-order valence-corrected chi connectivity index (χ0v) is 17.6. The van der Waals surface area contributed by atoms with Gasteiger partial charge in [0.2, 0.25) is 0 Å². The smallest absolute Gasteiger partial charge is 0.193 e. The topological polar surface area (TPSA) is 49.3 Å². The molecule has 6 nitrogen and oxygen atoms in total. The van der Waals surface area contributed by atoms with Crippen LogP contribution >= 0.6 is 0 Å². The van der Waals surface area contributed by atoms with Crippen molar-refractivity contribution in [1.29, 1.82) is 0 Å². The van der Waals surface area contributed by atoms with Gasteiger partial charge < -0.3 is 19.7 Å². The normalized spacial score (nSPS) is 25.7. The summed E-state index contributed by atoms with van der Waals surface area (Å²) in [5.74, 6) is 2.42. The van der Waals surface area contributed by atoms with Crippen LogP contribution in [0.4, 0.5) is 0 Å². The summed E-state index contributed by atoms with van der Waals surface area (Å²) in [6.45, 7) is 14.7. The molecule has 2 aliphatic rings. The Balaban J connectivity index is 1.77. The van der Waals surface area contributed by atoms with Crippen molar-refractivity contribution < 1.29 is 9.47 Å². The van der Waals surface area contributed by atoms with Crippen LogP contribution in [0.25, 0.3) is 0 Å². The number of piperidine rings is 1. The lowest BCUT2D eigenvalue weighted by Gasteiger charge is -2.43. The largest absolute Gasteiger partial charge is 0.382 e. The molecule has 0 amide bonds. The first-order chi connectivity index (χ1) is 12.5. The molecule has 1 N–H and O–H groups in total. The Morgan fingerprint density at radius 1 is 1.19 bits per heavy atom. The van der Waals surface area contributed by atoms with Crippen LogP contribution < -0.4 is 5.32 Å². The molecule has 0 aromatic heterocycles. The molecule has 2 heterocycles. The third-order valence-electron chi connectivity index (χ3n) is 5.77. The number of aliphatic imine (C=N–C) groups is 1. The summed E-state index contributed by atoms with van der Waals surface area (Å²) in [7, 11) is 3.60. The molecular weight excluding hydrogens is 328 g/mol. The molecule has 2 atom stereocenters. The zero-order chi connectivity index (χ0) is 19.0. The Morgan fingerprint density at radius 2 is 2.00 bits per heavy atom. The highest BCUT2D eigenvalue weighted by Crippen LogP contribution is 2.23. The summed E-state index contributed by atoms with van der Waals surface area (Å²) in [5.41, 5.74) is 0.146. The Kier molecular flexibility index (Phi) is 8.64. The van der Waals surface area contributed by atoms with Gasteiger partial charge in [-0.05, 0) is 45.6 Å². The van der Waals surface area contributed by atoms with E-state index in [1.165, 1.54) is 32.4 Å². The van der Waals surface area contributed by atoms with Crippen LogP contribution in [0.15, 0.2) is 4.99 Å². The fraction of sp³-hybridized carbons (Fsp3) is 0.950. The molecule has 0 spiro atoms. The quantitative estimate of drug-likeness (QED) is 0.404. The van der Waals surface area contributed by atoms with Crippen molar-refractivity contribution >= 4 is 5.96 Å². The number of rotatable bonds is 8. The van der Waals surface area contributed by atoms with E-state index in [1.807, 2.05) is 7.05 Å². The lowest BCUT2D eigenvalue weighted by atomic mass is 9.93. The zero-order valence-electron chi connectivity index (χ0n) is 17.6. The van der Waals surface area contributed by atoms with E-state index >= 15 is 0 Å². The van der Waals surface area contributed by atoms with Crippen molar-refractivity contribution in [3.05, 3.63) is 0 Å². The van der Waals surface area contributed by atoms with Crippen LogP contribution in [0.1, 0.15) is 40.0 Å². The highest BCUT2D eigenvalue weighted by Gasteiger charge is 2.31. The van der Waals surface area contributed by atoms with Crippen LogP contribution in [0.5, 0.6) is 0 Å². The lowest BCUT2D eigenvalue weighted by molar-refractivity contribution is 0.0535. The average molecular weight is 369 g/mol. The molecule has 26 heavy (non-hydrogen) atoms. The van der Waals surface area contributed by atoms with Crippen LogP contribution in [-0.2, 0) is 9.47 Å². The number of ether oxygens (including phenoxy) is 2. The molecule has 2 unspecified atom stereocenters. The van der Waals surface area contributed by atoms with Gasteiger partial charge in [0, 0.05) is 51.8 Å². The van der Waals surface area contributed by atoms with Gasteiger partial charge in [-0.3, -0.25) is 9.89 Å². The fourth-order valence-electron chi connectivity index (χ4n) is 4.03. The number of hydrogen-bond acceptors (Lipinski definition) is 4. The van der Waals surface area contributed by atoms with E-state index in [4.69, 9.17) is 9.47 Å². The first-order valence-electron chi connectivity index (χ1n) is 10.2. The van der Waals surface area contributed by atoms with E-state index in [9.17, 15) is 0 Å². The van der Waals surface area contributed by atoms with E-state index in [-0.39, 0.29) is 5.54 Å². The maximum atomic E-state index is 5.70. The van der Waals surface area contributed by atoms with E-state index in [1.54, 1.807) is 7.11 Å². The highest BCUT2D eigenvalue weighted by atomic mass is 16.5. The second kappa shape index (κ2) is 10.5. The molecule has 0 saturated carbocycles. The van der Waals surface area contributed by atoms with Crippen molar-refractivity contribution in [2.45, 2.75) is 45.6 Å². The molecular formula is C20H40N4O2. The van der Waals surface area contributed by atoms with E-state index in [2.05, 4.69) is 40.9 Å². The lowest BCUT2D eigenvalue weighted by Crippen LogP contribution is -2.56. The Hall–Kier alpha value is -0.850. The van der Waals surface area contributed by atoms with Crippen molar-refractivity contribution in [3.63, 3.8) is 0 Å². The maximum absolute atomic E-state index is 5.70. The SMILES string of the molecule is CN=C(NCC(C)(C)N1CCCC(C)C1)N1CCC(COCCOC)C1. The summed E-state index contributed by atoms with van der Waals surface area (Å²) >= 11 is 0. The predicted molar refractivity (Wildman–Crippen MR) is 108 cm³/mol. The molecule has 0 bridgehead atoms. The summed E-state index contributed by atoms with van der Waals surface area (Å²) in [6.07, 6.45) is 3.85. The van der Waals surface area contributed by atoms with E-state index in [0.717, 1.165) is 38.1 Å². The molecule has 0 aromatic rings. The highest BCUT2D eigenvalue weighted by molar-refractivity contribution is 5.80.